The molecule has 0 amide bonds. The van der Waals surface area contributed by atoms with Gasteiger partial charge in [-0.2, -0.15) is 0 Å². The summed E-state index contributed by atoms with van der Waals surface area (Å²) in [6, 6.07) is 12.5. The fourth-order valence-electron chi connectivity index (χ4n) is 4.44. The summed E-state index contributed by atoms with van der Waals surface area (Å²) in [6.07, 6.45) is 26.4. The number of benzene rings is 2. The fourth-order valence-corrected chi connectivity index (χ4v) is 4.44. The lowest BCUT2D eigenvalue weighted by Gasteiger charge is -2.03. The van der Waals surface area contributed by atoms with Crippen LogP contribution in [0.15, 0.2) is 48.5 Å². The number of carbonyl (C=O) groups is 2. The van der Waals surface area contributed by atoms with Gasteiger partial charge >= 0.3 is 11.9 Å². The van der Waals surface area contributed by atoms with Gasteiger partial charge in [0.05, 0.1) is 25.3 Å². The summed E-state index contributed by atoms with van der Waals surface area (Å²) in [5.74, 6) is -0.523. The van der Waals surface area contributed by atoms with E-state index in [1.165, 1.54) is 154 Å². The Kier molecular flexibility index (Phi) is 26.1. The lowest BCUT2D eigenvalue weighted by Crippen LogP contribution is -1.95. The van der Waals surface area contributed by atoms with Gasteiger partial charge in [-0.05, 0) is 48.5 Å². The molecule has 0 unspecified atom stereocenters. The number of methoxy groups -OCH3 is 2. The monoisotopic (exact) mass is 586 g/mol. The molecule has 0 atom stereocenters. The maximum atomic E-state index is 10.4. The molecule has 238 valence electrons. The summed E-state index contributed by atoms with van der Waals surface area (Å²) in [6.45, 7) is 4.59. The zero-order valence-electron chi connectivity index (χ0n) is 26.9. The van der Waals surface area contributed by atoms with Crippen molar-refractivity contribution in [3.8, 4) is 11.5 Å². The highest BCUT2D eigenvalue weighted by Gasteiger charge is 2.01. The summed E-state index contributed by atoms with van der Waals surface area (Å²) in [4.78, 5) is 20.7. The number of unbranched alkanes of at least 4 members (excludes halogenated alkanes) is 17. The van der Waals surface area contributed by atoms with Crippen LogP contribution < -0.4 is 9.47 Å². The number of carboxylic acids is 2. The molecule has 2 rings (SSSR count). The molecule has 2 aromatic carbocycles. The number of aromatic carboxylic acids is 2. The molecule has 0 fully saturated rings. The van der Waals surface area contributed by atoms with Crippen LogP contribution in [0.5, 0.6) is 11.5 Å². The van der Waals surface area contributed by atoms with E-state index in [0.29, 0.717) is 11.5 Å². The van der Waals surface area contributed by atoms with E-state index in [1.807, 2.05) is 0 Å². The highest BCUT2D eigenvalue weighted by atomic mass is 16.5. The Morgan fingerprint density at radius 1 is 0.452 bits per heavy atom. The van der Waals surface area contributed by atoms with E-state index >= 15 is 0 Å². The fraction of sp³-hybridized carbons (Fsp3) is 0.611. The van der Waals surface area contributed by atoms with Crippen LogP contribution in [-0.2, 0) is 0 Å². The van der Waals surface area contributed by atoms with Gasteiger partial charge < -0.3 is 19.7 Å². The van der Waals surface area contributed by atoms with Crippen molar-refractivity contribution in [3.63, 3.8) is 0 Å². The molecule has 0 aliphatic rings. The van der Waals surface area contributed by atoms with E-state index in [0.717, 1.165) is 0 Å². The SMILES string of the molecule is CCCCCCCCCCCCCCCCCCCC.COc1ccc(C(=O)O)cc1.COc1ccc(C(=O)O)cc1. The molecule has 0 saturated heterocycles. The second kappa shape index (κ2) is 28.1. The van der Waals surface area contributed by atoms with Crippen molar-refractivity contribution in [1.82, 2.24) is 0 Å². The summed E-state index contributed by atoms with van der Waals surface area (Å²) in [5.41, 5.74) is 0.539. The molecule has 0 bridgehead atoms. The second-order valence-electron chi connectivity index (χ2n) is 10.7. The number of hydrogen-bond acceptors (Lipinski definition) is 4. The normalized spacial score (nSPS) is 10.1. The molecule has 42 heavy (non-hydrogen) atoms. The summed E-state index contributed by atoms with van der Waals surface area (Å²) < 4.78 is 9.71. The number of carboxylic acid groups (broad SMARTS) is 2. The quantitative estimate of drug-likeness (QED) is 0.141. The molecule has 0 aromatic heterocycles. The van der Waals surface area contributed by atoms with E-state index in [-0.39, 0.29) is 11.1 Å². The van der Waals surface area contributed by atoms with Crippen molar-refractivity contribution in [2.45, 2.75) is 129 Å². The highest BCUT2D eigenvalue weighted by molar-refractivity contribution is 5.88. The minimum atomic E-state index is -0.923. The van der Waals surface area contributed by atoms with Crippen LogP contribution >= 0.6 is 0 Å². The number of hydrogen-bond donors (Lipinski definition) is 2. The van der Waals surface area contributed by atoms with Gasteiger partial charge in [-0.3, -0.25) is 0 Å². The Labute approximate surface area is 255 Å². The molecule has 0 spiro atoms. The van der Waals surface area contributed by atoms with Gasteiger partial charge in [0.1, 0.15) is 11.5 Å². The van der Waals surface area contributed by atoms with Gasteiger partial charge in [0.25, 0.3) is 0 Å². The van der Waals surface area contributed by atoms with Gasteiger partial charge in [-0.25, -0.2) is 9.59 Å². The Balaban J connectivity index is 0.000000645. The third-order valence-corrected chi connectivity index (χ3v) is 7.13. The zero-order valence-corrected chi connectivity index (χ0v) is 26.9. The topological polar surface area (TPSA) is 93.1 Å². The minimum absolute atomic E-state index is 0.269. The maximum Gasteiger partial charge on any atom is 0.335 e. The van der Waals surface area contributed by atoms with Crippen LogP contribution in [0, 0.1) is 0 Å². The van der Waals surface area contributed by atoms with E-state index in [1.54, 1.807) is 24.3 Å². The Bertz CT molecular complexity index is 817. The molecule has 6 nitrogen and oxygen atoms in total. The van der Waals surface area contributed by atoms with E-state index in [9.17, 15) is 9.59 Å². The third kappa shape index (κ3) is 22.6. The summed E-state index contributed by atoms with van der Waals surface area (Å²) in [7, 11) is 3.07. The van der Waals surface area contributed by atoms with Gasteiger partial charge in [-0.15, -0.1) is 0 Å². The lowest BCUT2D eigenvalue weighted by molar-refractivity contribution is 0.0686. The first kappa shape index (κ1) is 39.0. The van der Waals surface area contributed by atoms with E-state index in [4.69, 9.17) is 19.7 Å². The molecule has 0 saturated carbocycles. The first-order chi connectivity index (χ1) is 20.4. The molecule has 2 aromatic rings. The highest BCUT2D eigenvalue weighted by Crippen LogP contribution is 2.14. The third-order valence-electron chi connectivity index (χ3n) is 7.13. The van der Waals surface area contributed by atoms with Crippen LogP contribution in [0.25, 0.3) is 0 Å². The Morgan fingerprint density at radius 2 is 0.667 bits per heavy atom. The predicted molar refractivity (Wildman–Crippen MR) is 174 cm³/mol. The van der Waals surface area contributed by atoms with E-state index < -0.39 is 11.9 Å². The van der Waals surface area contributed by atoms with Crippen molar-refractivity contribution >= 4 is 11.9 Å². The predicted octanol–water partition coefficient (Wildman–Crippen LogP) is 10.8. The Morgan fingerprint density at radius 3 is 0.833 bits per heavy atom. The average Bonchev–Trinajstić information content (AvgIpc) is 3.01. The smallest absolute Gasteiger partial charge is 0.335 e. The van der Waals surface area contributed by atoms with Crippen LogP contribution in [0.4, 0.5) is 0 Å². The van der Waals surface area contributed by atoms with Crippen molar-refractivity contribution in [1.29, 1.82) is 0 Å². The standard InChI is InChI=1S/C20H42.2C8H8O3/c1-3-5-7-9-11-13-15-17-19-20-18-16-14-12-10-8-6-4-2;2*1-11-7-4-2-6(3-5-7)8(9)10/h3-20H2,1-2H3;2*2-5H,1H3,(H,9,10). The largest absolute Gasteiger partial charge is 0.497 e. The molecular weight excluding hydrogens is 528 g/mol. The lowest BCUT2D eigenvalue weighted by atomic mass is 10.0. The average molecular weight is 587 g/mol. The first-order valence-corrected chi connectivity index (χ1v) is 16.1. The minimum Gasteiger partial charge on any atom is -0.497 e. The molecule has 0 radical (unpaired) electrons. The molecule has 2 N–H and O–H groups in total. The van der Waals surface area contributed by atoms with Crippen LogP contribution in [0.2, 0.25) is 0 Å². The summed E-state index contributed by atoms with van der Waals surface area (Å²) in [5, 5.41) is 17.0. The van der Waals surface area contributed by atoms with Gasteiger partial charge in [0, 0.05) is 0 Å². The zero-order chi connectivity index (χ0) is 31.3. The van der Waals surface area contributed by atoms with Crippen molar-refractivity contribution in [2.75, 3.05) is 14.2 Å². The Hall–Kier alpha value is -3.02. The van der Waals surface area contributed by atoms with Crippen molar-refractivity contribution in [3.05, 3.63) is 59.7 Å². The van der Waals surface area contributed by atoms with Gasteiger partial charge in [-0.1, -0.05) is 129 Å². The van der Waals surface area contributed by atoms with Crippen molar-refractivity contribution < 1.29 is 29.3 Å². The first-order valence-electron chi connectivity index (χ1n) is 16.1. The molecule has 0 heterocycles. The maximum absolute atomic E-state index is 10.4. The molecule has 0 aliphatic heterocycles. The number of rotatable bonds is 21. The van der Waals surface area contributed by atoms with E-state index in [2.05, 4.69) is 13.8 Å². The van der Waals surface area contributed by atoms with Gasteiger partial charge in [0.15, 0.2) is 0 Å². The van der Waals surface area contributed by atoms with Crippen LogP contribution in [0.1, 0.15) is 150 Å². The van der Waals surface area contributed by atoms with Crippen LogP contribution in [0.3, 0.4) is 0 Å². The summed E-state index contributed by atoms with van der Waals surface area (Å²) >= 11 is 0. The van der Waals surface area contributed by atoms with Gasteiger partial charge in [0.2, 0.25) is 0 Å². The van der Waals surface area contributed by atoms with Crippen molar-refractivity contribution in [2.24, 2.45) is 0 Å². The molecule has 0 aliphatic carbocycles. The molecular formula is C36H58O6. The second-order valence-corrected chi connectivity index (χ2v) is 10.7. The number of ether oxygens (including phenoxy) is 2. The van der Waals surface area contributed by atoms with Crippen LogP contribution in [-0.4, -0.2) is 36.4 Å². The molecule has 6 heteroatoms.